The minimum absolute atomic E-state index is 0.117. The van der Waals surface area contributed by atoms with Crippen molar-refractivity contribution < 1.29 is 4.79 Å². The number of imidazole rings is 1. The number of aromatic nitrogens is 3. The number of para-hydroxylation sites is 2. The monoisotopic (exact) mass is 356 g/mol. The molecule has 0 aliphatic rings. The van der Waals surface area contributed by atoms with Crippen molar-refractivity contribution in [1.82, 2.24) is 19.4 Å². The zero-order chi connectivity index (χ0) is 18.6. The molecule has 0 aliphatic carbocycles. The van der Waals surface area contributed by atoms with Crippen LogP contribution in [0.3, 0.4) is 0 Å². The zero-order valence-corrected chi connectivity index (χ0v) is 15.1. The summed E-state index contributed by atoms with van der Waals surface area (Å²) in [6.45, 7) is 1.12. The first-order chi connectivity index (χ1) is 13.2. The Bertz CT molecular complexity index is 1060. The molecule has 1 amide bonds. The Labute approximate surface area is 157 Å². The quantitative estimate of drug-likeness (QED) is 0.547. The highest BCUT2D eigenvalue weighted by atomic mass is 16.2. The maximum atomic E-state index is 12.7. The second-order valence-electron chi connectivity index (χ2n) is 6.46. The fourth-order valence-electron chi connectivity index (χ4n) is 3.16. The van der Waals surface area contributed by atoms with Crippen molar-refractivity contribution in [3.05, 3.63) is 96.1 Å². The van der Waals surface area contributed by atoms with E-state index in [-0.39, 0.29) is 5.91 Å². The summed E-state index contributed by atoms with van der Waals surface area (Å²) in [5, 5.41) is 0. The maximum Gasteiger partial charge on any atom is 0.272 e. The van der Waals surface area contributed by atoms with E-state index in [9.17, 15) is 4.79 Å². The Balaban J connectivity index is 1.66. The molecule has 0 atom stereocenters. The van der Waals surface area contributed by atoms with E-state index in [1.807, 2.05) is 42.5 Å². The minimum atomic E-state index is -0.117. The summed E-state index contributed by atoms with van der Waals surface area (Å²) in [5.41, 5.74) is 3.63. The van der Waals surface area contributed by atoms with E-state index in [1.165, 1.54) is 5.56 Å². The van der Waals surface area contributed by atoms with Crippen molar-refractivity contribution in [2.24, 2.45) is 0 Å². The van der Waals surface area contributed by atoms with Gasteiger partial charge in [0.1, 0.15) is 11.5 Å². The number of hydrogen-bond donors (Lipinski definition) is 0. The summed E-state index contributed by atoms with van der Waals surface area (Å²) in [4.78, 5) is 23.2. The van der Waals surface area contributed by atoms with Crippen LogP contribution in [0.4, 0.5) is 0 Å². The molecule has 134 valence electrons. The Morgan fingerprint density at radius 1 is 0.963 bits per heavy atom. The SMILES string of the molecule is CN(Cc1nc2ccccc2n1Cc1ccccc1)C(=O)c1ccccn1. The van der Waals surface area contributed by atoms with E-state index in [0.29, 0.717) is 18.8 Å². The van der Waals surface area contributed by atoms with Crippen LogP contribution in [0.25, 0.3) is 11.0 Å². The fraction of sp³-hybridized carbons (Fsp3) is 0.136. The van der Waals surface area contributed by atoms with Gasteiger partial charge >= 0.3 is 0 Å². The number of rotatable bonds is 5. The first kappa shape index (κ1) is 17.0. The van der Waals surface area contributed by atoms with E-state index >= 15 is 0 Å². The first-order valence-electron chi connectivity index (χ1n) is 8.87. The van der Waals surface area contributed by atoms with Gasteiger partial charge in [0.2, 0.25) is 0 Å². The molecule has 5 nitrogen and oxygen atoms in total. The van der Waals surface area contributed by atoms with E-state index < -0.39 is 0 Å². The van der Waals surface area contributed by atoms with Crippen LogP contribution < -0.4 is 0 Å². The van der Waals surface area contributed by atoms with E-state index in [2.05, 4.69) is 27.8 Å². The van der Waals surface area contributed by atoms with Crippen LogP contribution >= 0.6 is 0 Å². The van der Waals surface area contributed by atoms with Gasteiger partial charge in [0.25, 0.3) is 5.91 Å². The molecule has 2 aromatic carbocycles. The predicted octanol–water partition coefficient (Wildman–Crippen LogP) is 3.75. The molecule has 0 bridgehead atoms. The van der Waals surface area contributed by atoms with Gasteiger partial charge in [-0.3, -0.25) is 9.78 Å². The van der Waals surface area contributed by atoms with Crippen molar-refractivity contribution in [3.63, 3.8) is 0 Å². The Kier molecular flexibility index (Phi) is 4.66. The second-order valence-corrected chi connectivity index (χ2v) is 6.46. The minimum Gasteiger partial charge on any atom is -0.333 e. The van der Waals surface area contributed by atoms with E-state index in [4.69, 9.17) is 4.98 Å². The van der Waals surface area contributed by atoms with E-state index in [0.717, 1.165) is 16.9 Å². The third kappa shape index (κ3) is 3.58. The van der Waals surface area contributed by atoms with Gasteiger partial charge in [-0.2, -0.15) is 0 Å². The van der Waals surface area contributed by atoms with Gasteiger partial charge in [0.15, 0.2) is 0 Å². The van der Waals surface area contributed by atoms with Crippen LogP contribution in [0.1, 0.15) is 21.9 Å². The number of nitrogens with zero attached hydrogens (tertiary/aromatic N) is 4. The number of pyridine rings is 1. The molecule has 2 heterocycles. The van der Waals surface area contributed by atoms with Crippen molar-refractivity contribution in [2.45, 2.75) is 13.1 Å². The molecule has 2 aromatic heterocycles. The molecule has 0 aliphatic heterocycles. The fourth-order valence-corrected chi connectivity index (χ4v) is 3.16. The van der Waals surface area contributed by atoms with Crippen molar-refractivity contribution in [2.75, 3.05) is 7.05 Å². The van der Waals surface area contributed by atoms with Gasteiger partial charge in [-0.1, -0.05) is 48.5 Å². The van der Waals surface area contributed by atoms with Crippen LogP contribution in [0.15, 0.2) is 79.0 Å². The third-order valence-electron chi connectivity index (χ3n) is 4.53. The smallest absolute Gasteiger partial charge is 0.272 e. The molecular formula is C22H20N4O. The normalized spacial score (nSPS) is 10.9. The van der Waals surface area contributed by atoms with Crippen molar-refractivity contribution in [1.29, 1.82) is 0 Å². The number of amides is 1. The molecule has 0 saturated heterocycles. The average molecular weight is 356 g/mol. The molecule has 0 unspecified atom stereocenters. The zero-order valence-electron chi connectivity index (χ0n) is 15.1. The highest BCUT2D eigenvalue weighted by molar-refractivity contribution is 5.92. The molecular weight excluding hydrogens is 336 g/mol. The van der Waals surface area contributed by atoms with Crippen molar-refractivity contribution in [3.8, 4) is 0 Å². The molecule has 4 aromatic rings. The molecule has 27 heavy (non-hydrogen) atoms. The molecule has 5 heteroatoms. The summed E-state index contributed by atoms with van der Waals surface area (Å²) in [5.74, 6) is 0.737. The molecule has 4 rings (SSSR count). The van der Waals surface area contributed by atoms with Gasteiger partial charge < -0.3 is 9.47 Å². The van der Waals surface area contributed by atoms with Gasteiger partial charge in [-0.05, 0) is 29.8 Å². The van der Waals surface area contributed by atoms with Gasteiger partial charge in [0, 0.05) is 19.8 Å². The largest absolute Gasteiger partial charge is 0.333 e. The molecule has 0 radical (unpaired) electrons. The summed E-state index contributed by atoms with van der Waals surface area (Å²) in [6, 6.07) is 23.7. The van der Waals surface area contributed by atoms with Gasteiger partial charge in [-0.25, -0.2) is 4.98 Å². The highest BCUT2D eigenvalue weighted by Gasteiger charge is 2.17. The molecule has 0 N–H and O–H groups in total. The second kappa shape index (κ2) is 7.41. The summed E-state index contributed by atoms with van der Waals surface area (Å²) in [6.07, 6.45) is 1.63. The first-order valence-corrected chi connectivity index (χ1v) is 8.87. The maximum absolute atomic E-state index is 12.7. The standard InChI is InChI=1S/C22H20N4O/c1-25(22(27)19-12-7-8-14-23-19)16-21-24-18-11-5-6-13-20(18)26(21)15-17-9-3-2-4-10-17/h2-14H,15-16H2,1H3. The number of hydrogen-bond acceptors (Lipinski definition) is 3. The summed E-state index contributed by atoms with van der Waals surface area (Å²) in [7, 11) is 1.78. The lowest BCUT2D eigenvalue weighted by Crippen LogP contribution is -2.28. The number of benzene rings is 2. The van der Waals surface area contributed by atoms with Crippen LogP contribution in [-0.4, -0.2) is 32.4 Å². The molecule has 0 fully saturated rings. The Hall–Kier alpha value is -3.47. The van der Waals surface area contributed by atoms with E-state index in [1.54, 1.807) is 30.3 Å². The van der Waals surface area contributed by atoms with Crippen LogP contribution in [0.5, 0.6) is 0 Å². The van der Waals surface area contributed by atoms with Gasteiger partial charge in [0.05, 0.1) is 17.6 Å². The lowest BCUT2D eigenvalue weighted by Gasteiger charge is -2.17. The number of fused-ring (bicyclic) bond motifs is 1. The number of carbonyl (C=O) groups is 1. The Morgan fingerprint density at radius 2 is 1.70 bits per heavy atom. The highest BCUT2D eigenvalue weighted by Crippen LogP contribution is 2.19. The van der Waals surface area contributed by atoms with Crippen molar-refractivity contribution >= 4 is 16.9 Å². The summed E-state index contributed by atoms with van der Waals surface area (Å²) >= 11 is 0. The lowest BCUT2D eigenvalue weighted by atomic mass is 10.2. The average Bonchev–Trinajstić information content (AvgIpc) is 3.06. The predicted molar refractivity (Wildman–Crippen MR) is 105 cm³/mol. The van der Waals surface area contributed by atoms with Crippen LogP contribution in [0.2, 0.25) is 0 Å². The van der Waals surface area contributed by atoms with Crippen LogP contribution in [-0.2, 0) is 13.1 Å². The lowest BCUT2D eigenvalue weighted by molar-refractivity contribution is 0.0774. The van der Waals surface area contributed by atoms with Crippen LogP contribution in [0, 0.1) is 0 Å². The number of carbonyl (C=O) groups excluding carboxylic acids is 1. The Morgan fingerprint density at radius 3 is 2.48 bits per heavy atom. The molecule has 0 spiro atoms. The molecule has 0 saturated carbocycles. The topological polar surface area (TPSA) is 51.0 Å². The summed E-state index contributed by atoms with van der Waals surface area (Å²) < 4.78 is 2.17. The van der Waals surface area contributed by atoms with Gasteiger partial charge in [-0.15, -0.1) is 0 Å². The third-order valence-corrected chi connectivity index (χ3v) is 4.53.